The average molecular weight is 358 g/mol. The van der Waals surface area contributed by atoms with Crippen LogP contribution >= 0.6 is 11.7 Å². The van der Waals surface area contributed by atoms with Crippen molar-refractivity contribution in [1.29, 1.82) is 0 Å². The zero-order valence-electron chi connectivity index (χ0n) is 13.9. The molecular weight excluding hydrogens is 340 g/mol. The van der Waals surface area contributed by atoms with E-state index in [1.807, 2.05) is 37.3 Å². The molecule has 130 valence electrons. The van der Waals surface area contributed by atoms with Crippen molar-refractivity contribution in [2.75, 3.05) is 6.54 Å². The summed E-state index contributed by atoms with van der Waals surface area (Å²) >= 11 is 1.15. The Morgan fingerprint density at radius 3 is 2.72 bits per heavy atom. The Kier molecular flexibility index (Phi) is 5.15. The van der Waals surface area contributed by atoms with E-state index in [4.69, 9.17) is 0 Å². The number of carbonyl (C=O) groups excluding carboxylic acids is 1. The smallest absolute Gasteiger partial charge is 0.273 e. The maximum Gasteiger partial charge on any atom is 0.273 e. The molecule has 0 saturated heterocycles. The van der Waals surface area contributed by atoms with Gasteiger partial charge < -0.3 is 10.4 Å². The molecule has 0 fully saturated rings. The van der Waals surface area contributed by atoms with E-state index in [9.17, 15) is 9.90 Å². The predicted molar refractivity (Wildman–Crippen MR) is 92.2 cm³/mol. The zero-order chi connectivity index (χ0) is 17.8. The first kappa shape index (κ1) is 17.2. The van der Waals surface area contributed by atoms with Crippen LogP contribution in [0.1, 0.15) is 39.2 Å². The van der Waals surface area contributed by atoms with Crippen LogP contribution in [0.15, 0.2) is 30.3 Å². The van der Waals surface area contributed by atoms with Gasteiger partial charge in [-0.05, 0) is 19.4 Å². The third kappa shape index (κ3) is 3.89. The highest BCUT2D eigenvalue weighted by molar-refractivity contribution is 6.99. The molecule has 1 amide bonds. The van der Waals surface area contributed by atoms with Crippen LogP contribution in [0.5, 0.6) is 0 Å². The van der Waals surface area contributed by atoms with E-state index < -0.39 is 6.10 Å². The van der Waals surface area contributed by atoms with Gasteiger partial charge in [-0.15, -0.1) is 5.10 Å². The van der Waals surface area contributed by atoms with Crippen LogP contribution < -0.4 is 5.32 Å². The summed E-state index contributed by atoms with van der Waals surface area (Å²) in [7, 11) is 0. The van der Waals surface area contributed by atoms with Gasteiger partial charge in [-0.3, -0.25) is 4.79 Å². The minimum atomic E-state index is -0.774. The van der Waals surface area contributed by atoms with Gasteiger partial charge in [0.05, 0.1) is 41.5 Å². The van der Waals surface area contributed by atoms with E-state index in [1.54, 1.807) is 11.6 Å². The van der Waals surface area contributed by atoms with Crippen molar-refractivity contribution in [2.45, 2.75) is 26.5 Å². The minimum absolute atomic E-state index is 0.101. The van der Waals surface area contributed by atoms with E-state index in [0.29, 0.717) is 12.2 Å². The van der Waals surface area contributed by atoms with Crippen LogP contribution in [0.2, 0.25) is 0 Å². The van der Waals surface area contributed by atoms with E-state index in [2.05, 4.69) is 24.4 Å². The molecule has 3 aromatic rings. The summed E-state index contributed by atoms with van der Waals surface area (Å²) in [6.07, 6.45) is -0.774. The molecule has 0 aliphatic heterocycles. The molecule has 0 aliphatic rings. The summed E-state index contributed by atoms with van der Waals surface area (Å²) < 4.78 is 9.95. The van der Waals surface area contributed by atoms with Crippen LogP contribution in [0, 0.1) is 13.8 Å². The second kappa shape index (κ2) is 7.49. The quantitative estimate of drug-likeness (QED) is 0.687. The van der Waals surface area contributed by atoms with Gasteiger partial charge >= 0.3 is 0 Å². The molecule has 8 nitrogen and oxygen atoms in total. The monoisotopic (exact) mass is 358 g/mol. The van der Waals surface area contributed by atoms with Gasteiger partial charge in [0.2, 0.25) is 0 Å². The van der Waals surface area contributed by atoms with Gasteiger partial charge in [0.25, 0.3) is 5.91 Å². The Morgan fingerprint density at radius 2 is 2.04 bits per heavy atom. The lowest BCUT2D eigenvalue weighted by Crippen LogP contribution is -2.29. The molecule has 3 rings (SSSR count). The molecule has 25 heavy (non-hydrogen) atoms. The number of rotatable bonds is 6. The van der Waals surface area contributed by atoms with Gasteiger partial charge in [0.1, 0.15) is 0 Å². The highest BCUT2D eigenvalue weighted by Crippen LogP contribution is 2.12. The van der Waals surface area contributed by atoms with E-state index in [0.717, 1.165) is 28.7 Å². The largest absolute Gasteiger partial charge is 0.387 e. The molecule has 0 bridgehead atoms. The average Bonchev–Trinajstić information content (AvgIpc) is 3.20. The predicted octanol–water partition coefficient (Wildman–Crippen LogP) is 1.26. The molecule has 1 aromatic carbocycles. The SMILES string of the molecule is Cc1nsnc1Cn1nnc(C(=O)NCC(O)c2ccccc2)c1C. The number of carbonyl (C=O) groups is 1. The van der Waals surface area contributed by atoms with Crippen LogP contribution in [-0.2, 0) is 6.54 Å². The van der Waals surface area contributed by atoms with E-state index in [1.165, 1.54) is 0 Å². The van der Waals surface area contributed by atoms with Gasteiger partial charge in [0.15, 0.2) is 5.69 Å². The Bertz CT molecular complexity index is 861. The van der Waals surface area contributed by atoms with E-state index >= 15 is 0 Å². The van der Waals surface area contributed by atoms with Crippen molar-refractivity contribution in [3.63, 3.8) is 0 Å². The molecule has 0 radical (unpaired) electrons. The molecule has 0 saturated carbocycles. The summed E-state index contributed by atoms with van der Waals surface area (Å²) in [5.74, 6) is -0.369. The van der Waals surface area contributed by atoms with Crippen molar-refractivity contribution >= 4 is 17.6 Å². The van der Waals surface area contributed by atoms with E-state index in [-0.39, 0.29) is 18.1 Å². The van der Waals surface area contributed by atoms with Crippen LogP contribution in [0.25, 0.3) is 0 Å². The molecule has 9 heteroatoms. The number of hydrogen-bond donors (Lipinski definition) is 2. The first-order valence-electron chi connectivity index (χ1n) is 7.75. The van der Waals surface area contributed by atoms with Crippen molar-refractivity contribution in [1.82, 2.24) is 29.1 Å². The Labute approximate surface area is 148 Å². The second-order valence-electron chi connectivity index (χ2n) is 5.61. The van der Waals surface area contributed by atoms with Crippen molar-refractivity contribution in [2.24, 2.45) is 0 Å². The summed E-state index contributed by atoms with van der Waals surface area (Å²) in [5.41, 5.74) is 3.27. The highest BCUT2D eigenvalue weighted by atomic mass is 32.1. The third-order valence-electron chi connectivity index (χ3n) is 3.88. The first-order chi connectivity index (χ1) is 12.1. The molecular formula is C16H18N6O2S. The molecule has 2 heterocycles. The Morgan fingerprint density at radius 1 is 1.28 bits per heavy atom. The molecule has 1 atom stereocenters. The van der Waals surface area contributed by atoms with Gasteiger partial charge in [-0.25, -0.2) is 4.68 Å². The van der Waals surface area contributed by atoms with Crippen LogP contribution in [0.4, 0.5) is 0 Å². The second-order valence-corrected chi connectivity index (χ2v) is 6.14. The number of hydrogen-bond acceptors (Lipinski definition) is 7. The van der Waals surface area contributed by atoms with Crippen molar-refractivity contribution < 1.29 is 9.90 Å². The maximum absolute atomic E-state index is 12.3. The number of aliphatic hydroxyl groups is 1. The fraction of sp³-hybridized carbons (Fsp3) is 0.312. The van der Waals surface area contributed by atoms with Gasteiger partial charge in [-0.1, -0.05) is 35.5 Å². The lowest BCUT2D eigenvalue weighted by atomic mass is 10.1. The molecule has 2 aromatic heterocycles. The van der Waals surface area contributed by atoms with Gasteiger partial charge in [-0.2, -0.15) is 8.75 Å². The zero-order valence-corrected chi connectivity index (χ0v) is 14.7. The normalized spacial score (nSPS) is 12.1. The van der Waals surface area contributed by atoms with Crippen LogP contribution in [0.3, 0.4) is 0 Å². The summed E-state index contributed by atoms with van der Waals surface area (Å²) in [5, 5.41) is 20.8. The standard InChI is InChI=1S/C16H18N6O2S/c1-10-13(20-25-19-10)9-22-11(2)15(18-21-22)16(24)17-8-14(23)12-6-4-3-5-7-12/h3-7,14,23H,8-9H2,1-2H3,(H,17,24). The lowest BCUT2D eigenvalue weighted by molar-refractivity contribution is 0.0910. The summed E-state index contributed by atoms with van der Waals surface area (Å²) in [4.78, 5) is 12.3. The number of nitrogens with one attached hydrogen (secondary N) is 1. The Hall–Kier alpha value is -2.65. The minimum Gasteiger partial charge on any atom is -0.387 e. The fourth-order valence-electron chi connectivity index (χ4n) is 2.32. The molecule has 2 N–H and O–H groups in total. The van der Waals surface area contributed by atoms with Crippen LogP contribution in [-0.4, -0.2) is 41.3 Å². The topological polar surface area (TPSA) is 106 Å². The number of aromatic nitrogens is 5. The highest BCUT2D eigenvalue weighted by Gasteiger charge is 2.18. The summed E-state index contributed by atoms with van der Waals surface area (Å²) in [6.45, 7) is 4.17. The number of amides is 1. The van der Waals surface area contributed by atoms with Crippen molar-refractivity contribution in [3.8, 4) is 0 Å². The third-order valence-corrected chi connectivity index (χ3v) is 4.54. The van der Waals surface area contributed by atoms with Crippen molar-refractivity contribution in [3.05, 3.63) is 58.7 Å². The number of benzene rings is 1. The Balaban J connectivity index is 1.64. The number of aliphatic hydroxyl groups excluding tert-OH is 1. The number of aryl methyl sites for hydroxylation is 1. The maximum atomic E-state index is 12.3. The number of nitrogens with zero attached hydrogens (tertiary/aromatic N) is 5. The van der Waals surface area contributed by atoms with Gasteiger partial charge in [0, 0.05) is 6.54 Å². The first-order valence-corrected chi connectivity index (χ1v) is 8.48. The summed E-state index contributed by atoms with van der Waals surface area (Å²) in [6, 6.07) is 9.16. The molecule has 1 unspecified atom stereocenters. The lowest BCUT2D eigenvalue weighted by Gasteiger charge is -2.11. The molecule has 0 aliphatic carbocycles. The molecule has 0 spiro atoms. The fourth-order valence-corrected chi connectivity index (χ4v) is 2.88.